The SMILES string of the molecule is CC(C/C=C/CC(=O)N1CCN(c2ncc(C#N)cn2)CC1)Nc1cn[nH]c(=O)c1C(F)(F)F. The summed E-state index contributed by atoms with van der Waals surface area (Å²) < 4.78 is 39.4. The molecule has 0 spiro atoms. The zero-order valence-corrected chi connectivity index (χ0v) is 18.3. The van der Waals surface area contributed by atoms with Crippen molar-refractivity contribution in [1.29, 1.82) is 5.26 Å². The Morgan fingerprint density at radius 1 is 1.24 bits per heavy atom. The number of hydrogen-bond acceptors (Lipinski definition) is 8. The Kier molecular flexibility index (Phi) is 7.83. The highest BCUT2D eigenvalue weighted by Crippen LogP contribution is 2.31. The molecule has 0 radical (unpaired) electrons. The van der Waals surface area contributed by atoms with Gasteiger partial charge in [0.05, 0.1) is 29.8 Å². The average Bonchev–Trinajstić information content (AvgIpc) is 2.81. The minimum atomic E-state index is -4.81. The summed E-state index contributed by atoms with van der Waals surface area (Å²) in [7, 11) is 0. The second-order valence-corrected chi connectivity index (χ2v) is 7.69. The number of hydrogen-bond donors (Lipinski definition) is 2. The number of anilines is 2. The summed E-state index contributed by atoms with van der Waals surface area (Å²) in [6.45, 7) is 3.80. The first-order chi connectivity index (χ1) is 16.2. The smallest absolute Gasteiger partial charge is 0.380 e. The van der Waals surface area contributed by atoms with Gasteiger partial charge in [-0.3, -0.25) is 9.59 Å². The van der Waals surface area contributed by atoms with Gasteiger partial charge in [-0.05, 0) is 13.3 Å². The maximum absolute atomic E-state index is 13.1. The number of nitrogens with one attached hydrogen (secondary N) is 2. The number of alkyl halides is 3. The van der Waals surface area contributed by atoms with Gasteiger partial charge in [0, 0.05) is 38.6 Å². The lowest BCUT2D eigenvalue weighted by Gasteiger charge is -2.34. The number of aromatic amines is 1. The highest BCUT2D eigenvalue weighted by Gasteiger charge is 2.37. The molecule has 1 unspecified atom stereocenters. The van der Waals surface area contributed by atoms with Gasteiger partial charge in [-0.1, -0.05) is 12.2 Å². The number of nitriles is 1. The van der Waals surface area contributed by atoms with E-state index in [2.05, 4.69) is 20.4 Å². The molecule has 2 aromatic heterocycles. The minimum Gasteiger partial charge on any atom is -0.380 e. The number of halogens is 3. The number of amides is 1. The van der Waals surface area contributed by atoms with Crippen LogP contribution in [-0.4, -0.2) is 63.2 Å². The molecular weight excluding hydrogens is 453 g/mol. The van der Waals surface area contributed by atoms with Gasteiger partial charge in [0.15, 0.2) is 0 Å². The molecule has 1 amide bonds. The zero-order chi connectivity index (χ0) is 24.7. The van der Waals surface area contributed by atoms with Crippen molar-refractivity contribution in [2.24, 2.45) is 0 Å². The Bertz CT molecular complexity index is 1120. The molecule has 3 heterocycles. The molecule has 0 bridgehead atoms. The van der Waals surface area contributed by atoms with Crippen LogP contribution in [0.1, 0.15) is 30.9 Å². The molecule has 0 aromatic carbocycles. The number of H-pyrrole nitrogens is 1. The number of nitrogens with zero attached hydrogens (tertiary/aromatic N) is 6. The van der Waals surface area contributed by atoms with E-state index in [0.29, 0.717) is 44.1 Å². The molecule has 2 aromatic rings. The van der Waals surface area contributed by atoms with E-state index in [4.69, 9.17) is 5.26 Å². The van der Waals surface area contributed by atoms with Crippen molar-refractivity contribution >= 4 is 17.5 Å². The zero-order valence-electron chi connectivity index (χ0n) is 18.3. The summed E-state index contributed by atoms with van der Waals surface area (Å²) in [6.07, 6.45) is 2.93. The lowest BCUT2D eigenvalue weighted by molar-refractivity contribution is -0.138. The third-order valence-electron chi connectivity index (χ3n) is 5.17. The summed E-state index contributed by atoms with van der Waals surface area (Å²) in [5.41, 5.74) is -2.64. The van der Waals surface area contributed by atoms with Crippen molar-refractivity contribution in [3.8, 4) is 6.07 Å². The van der Waals surface area contributed by atoms with Gasteiger partial charge >= 0.3 is 6.18 Å². The standard InChI is InChI=1S/C21H23F3N8O2/c1-14(29-16-13-28-30-19(34)18(16)21(22,23)24)4-2-3-5-17(33)31-6-8-32(9-7-31)20-26-11-15(10-25)12-27-20/h2-3,11-14H,4-9H2,1H3,(H2,29,30,34)/b3-2+. The first-order valence-corrected chi connectivity index (χ1v) is 10.5. The molecular formula is C21H23F3N8O2. The van der Waals surface area contributed by atoms with E-state index in [9.17, 15) is 22.8 Å². The third kappa shape index (κ3) is 6.31. The van der Waals surface area contributed by atoms with Gasteiger partial charge in [0.25, 0.3) is 5.56 Å². The first-order valence-electron chi connectivity index (χ1n) is 10.5. The van der Waals surface area contributed by atoms with E-state index < -0.39 is 29.0 Å². The largest absolute Gasteiger partial charge is 0.423 e. The van der Waals surface area contributed by atoms with E-state index in [0.717, 1.165) is 6.20 Å². The summed E-state index contributed by atoms with van der Waals surface area (Å²) in [5, 5.41) is 16.7. The van der Waals surface area contributed by atoms with Gasteiger partial charge in [-0.25, -0.2) is 15.1 Å². The van der Waals surface area contributed by atoms with Gasteiger partial charge in [-0.15, -0.1) is 0 Å². The van der Waals surface area contributed by atoms with Crippen LogP contribution in [0.25, 0.3) is 0 Å². The van der Waals surface area contributed by atoms with Crippen molar-refractivity contribution in [2.75, 3.05) is 36.4 Å². The van der Waals surface area contributed by atoms with Crippen LogP contribution < -0.4 is 15.8 Å². The predicted molar refractivity (Wildman–Crippen MR) is 117 cm³/mol. The molecule has 1 saturated heterocycles. The molecule has 1 aliphatic heterocycles. The highest BCUT2D eigenvalue weighted by molar-refractivity contribution is 5.78. The van der Waals surface area contributed by atoms with E-state index in [1.807, 2.05) is 11.0 Å². The number of piperazine rings is 1. The molecule has 1 fully saturated rings. The molecule has 2 N–H and O–H groups in total. The van der Waals surface area contributed by atoms with Gasteiger partial charge < -0.3 is 15.1 Å². The first kappa shape index (κ1) is 24.7. The van der Waals surface area contributed by atoms with Crippen molar-refractivity contribution < 1.29 is 18.0 Å². The van der Waals surface area contributed by atoms with Crippen molar-refractivity contribution in [1.82, 2.24) is 25.1 Å². The molecule has 10 nitrogen and oxygen atoms in total. The fraction of sp³-hybridized carbons (Fsp3) is 0.429. The quantitative estimate of drug-likeness (QED) is 0.580. The van der Waals surface area contributed by atoms with E-state index in [-0.39, 0.29) is 12.3 Å². The second-order valence-electron chi connectivity index (χ2n) is 7.69. The number of rotatable bonds is 7. The van der Waals surface area contributed by atoms with E-state index in [1.165, 1.54) is 12.4 Å². The lowest BCUT2D eigenvalue weighted by Crippen LogP contribution is -2.49. The van der Waals surface area contributed by atoms with Gasteiger partial charge in [0.2, 0.25) is 11.9 Å². The Hall–Kier alpha value is -3.95. The van der Waals surface area contributed by atoms with Crippen LogP contribution in [0.15, 0.2) is 35.5 Å². The van der Waals surface area contributed by atoms with Crippen molar-refractivity contribution in [3.05, 3.63) is 52.2 Å². The van der Waals surface area contributed by atoms with E-state index in [1.54, 1.807) is 29.1 Å². The molecule has 1 aliphatic rings. The average molecular weight is 476 g/mol. The summed E-state index contributed by atoms with van der Waals surface area (Å²) in [6, 6.07) is 1.54. The van der Waals surface area contributed by atoms with Crippen LogP contribution in [0.3, 0.4) is 0 Å². The van der Waals surface area contributed by atoms with Gasteiger partial charge in [0.1, 0.15) is 11.6 Å². The topological polar surface area (TPSA) is 131 Å². The van der Waals surface area contributed by atoms with Gasteiger partial charge in [-0.2, -0.15) is 23.5 Å². The summed E-state index contributed by atoms with van der Waals surface area (Å²) in [4.78, 5) is 36.0. The van der Waals surface area contributed by atoms with Crippen LogP contribution >= 0.6 is 0 Å². The van der Waals surface area contributed by atoms with Crippen LogP contribution in [0, 0.1) is 11.3 Å². The number of carbonyl (C=O) groups is 1. The second kappa shape index (κ2) is 10.8. The Morgan fingerprint density at radius 3 is 2.53 bits per heavy atom. The maximum Gasteiger partial charge on any atom is 0.423 e. The third-order valence-corrected chi connectivity index (χ3v) is 5.17. The maximum atomic E-state index is 13.1. The molecule has 34 heavy (non-hydrogen) atoms. The minimum absolute atomic E-state index is 0.0598. The molecule has 1 atom stereocenters. The highest BCUT2D eigenvalue weighted by atomic mass is 19.4. The molecule has 3 rings (SSSR count). The summed E-state index contributed by atoms with van der Waals surface area (Å²) in [5.74, 6) is 0.451. The monoisotopic (exact) mass is 476 g/mol. The van der Waals surface area contributed by atoms with Crippen LogP contribution in [-0.2, 0) is 11.0 Å². The normalized spacial score (nSPS) is 15.3. The fourth-order valence-corrected chi connectivity index (χ4v) is 3.43. The van der Waals surface area contributed by atoms with Crippen molar-refractivity contribution in [2.45, 2.75) is 32.0 Å². The number of carbonyl (C=O) groups excluding carboxylic acids is 1. The van der Waals surface area contributed by atoms with Crippen LogP contribution in [0.2, 0.25) is 0 Å². The predicted octanol–water partition coefficient (Wildman–Crippen LogP) is 1.94. The Morgan fingerprint density at radius 2 is 1.91 bits per heavy atom. The van der Waals surface area contributed by atoms with E-state index >= 15 is 0 Å². The molecule has 180 valence electrons. The molecule has 13 heteroatoms. The van der Waals surface area contributed by atoms with Crippen LogP contribution in [0.5, 0.6) is 0 Å². The fourth-order valence-electron chi connectivity index (χ4n) is 3.43. The van der Waals surface area contributed by atoms with Crippen LogP contribution in [0.4, 0.5) is 24.8 Å². The number of aromatic nitrogens is 4. The lowest BCUT2D eigenvalue weighted by atomic mass is 10.1. The molecule has 0 aliphatic carbocycles. The Balaban J connectivity index is 1.45. The Labute approximate surface area is 193 Å². The summed E-state index contributed by atoms with van der Waals surface area (Å²) >= 11 is 0. The van der Waals surface area contributed by atoms with Crippen molar-refractivity contribution in [3.63, 3.8) is 0 Å². The molecule has 0 saturated carbocycles.